The molecule has 0 aliphatic carbocycles. The van der Waals surface area contributed by atoms with E-state index in [0.717, 1.165) is 11.3 Å². The number of amides is 1. The highest BCUT2D eigenvalue weighted by Crippen LogP contribution is 2.32. The number of carbonyl (C=O) groups excluding carboxylic acids is 1. The van der Waals surface area contributed by atoms with E-state index in [1.165, 1.54) is 25.3 Å². The number of carboxylic acid groups (broad SMARTS) is 1. The van der Waals surface area contributed by atoms with Gasteiger partial charge in [0, 0.05) is 6.07 Å². The summed E-state index contributed by atoms with van der Waals surface area (Å²) in [6.45, 7) is 3.52. The average molecular weight is 308 g/mol. The fraction of sp³-hybridized carbons (Fsp3) is 0.154. The molecule has 0 radical (unpaired) electrons. The lowest BCUT2D eigenvalue weighted by atomic mass is 10.2. The number of nitrogens with zero attached hydrogens (tertiary/aromatic N) is 1. The van der Waals surface area contributed by atoms with Crippen LogP contribution in [0.5, 0.6) is 5.75 Å². The van der Waals surface area contributed by atoms with Crippen molar-refractivity contribution >= 4 is 38.7 Å². The third-order valence-electron chi connectivity index (χ3n) is 2.48. The summed E-state index contributed by atoms with van der Waals surface area (Å²) in [5.74, 6) is -0.886. The molecule has 0 unspecified atom stereocenters. The number of nitrogens with one attached hydrogen (secondary N) is 1. The van der Waals surface area contributed by atoms with Crippen LogP contribution in [0.2, 0.25) is 0 Å². The van der Waals surface area contributed by atoms with Crippen molar-refractivity contribution < 1.29 is 24.2 Å². The lowest BCUT2D eigenvalue weighted by Crippen LogP contribution is -2.13. The van der Waals surface area contributed by atoms with Crippen LogP contribution >= 0.6 is 11.3 Å². The zero-order valence-corrected chi connectivity index (χ0v) is 11.9. The lowest BCUT2D eigenvalue weighted by Gasteiger charge is -2.03. The Balaban J connectivity index is 2.31. The monoisotopic (exact) mass is 308 g/mol. The molecule has 1 aromatic heterocycles. The zero-order valence-electron chi connectivity index (χ0n) is 11.1. The normalized spacial score (nSPS) is 10.1. The van der Waals surface area contributed by atoms with Crippen molar-refractivity contribution in [3.63, 3.8) is 0 Å². The average Bonchev–Trinajstić information content (AvgIpc) is 2.84. The maximum absolute atomic E-state index is 11.4. The van der Waals surface area contributed by atoms with Crippen molar-refractivity contribution in [3.05, 3.63) is 30.4 Å². The van der Waals surface area contributed by atoms with Crippen molar-refractivity contribution in [1.29, 1.82) is 0 Å². The highest BCUT2D eigenvalue weighted by molar-refractivity contribution is 7.22. The third kappa shape index (κ3) is 3.29. The van der Waals surface area contributed by atoms with E-state index in [9.17, 15) is 9.59 Å². The van der Waals surface area contributed by atoms with Gasteiger partial charge in [-0.05, 0) is 6.07 Å². The molecule has 2 aromatic rings. The van der Waals surface area contributed by atoms with Crippen LogP contribution in [-0.4, -0.2) is 35.9 Å². The molecule has 0 saturated carbocycles. The Morgan fingerprint density at radius 1 is 1.52 bits per heavy atom. The Kier molecular flexibility index (Phi) is 4.39. The molecule has 8 heteroatoms. The Bertz CT molecular complexity index is 710. The third-order valence-corrected chi connectivity index (χ3v) is 3.41. The van der Waals surface area contributed by atoms with Crippen LogP contribution in [0, 0.1) is 0 Å². The first-order valence-electron chi connectivity index (χ1n) is 5.81. The number of hydrogen-bond donors (Lipinski definition) is 2. The van der Waals surface area contributed by atoms with E-state index in [0.29, 0.717) is 15.3 Å². The molecule has 2 N–H and O–H groups in total. The molecule has 2 rings (SSSR count). The molecule has 0 saturated heterocycles. The van der Waals surface area contributed by atoms with Crippen LogP contribution < -0.4 is 10.1 Å². The topological polar surface area (TPSA) is 97.8 Å². The summed E-state index contributed by atoms with van der Waals surface area (Å²) in [5, 5.41) is 11.9. The van der Waals surface area contributed by atoms with Crippen LogP contribution in [0.3, 0.4) is 0 Å². The quantitative estimate of drug-likeness (QED) is 0.824. The van der Waals surface area contributed by atoms with Crippen molar-refractivity contribution in [2.45, 2.75) is 0 Å². The summed E-state index contributed by atoms with van der Waals surface area (Å²) in [7, 11) is 1.38. The molecule has 0 aliphatic heterocycles. The minimum absolute atomic E-state index is 0.0365. The van der Waals surface area contributed by atoms with Crippen molar-refractivity contribution in [2.75, 3.05) is 19.0 Å². The largest absolute Gasteiger partial charge is 0.496 e. The van der Waals surface area contributed by atoms with E-state index >= 15 is 0 Å². The molecule has 1 heterocycles. The highest BCUT2D eigenvalue weighted by Gasteiger charge is 2.16. The number of carboxylic acids is 1. The van der Waals surface area contributed by atoms with Crippen LogP contribution in [0.4, 0.5) is 9.93 Å². The molecule has 0 aliphatic rings. The molecule has 1 amide bonds. The molecule has 0 fully saturated rings. The van der Waals surface area contributed by atoms with Gasteiger partial charge in [-0.3, -0.25) is 5.32 Å². The predicted octanol–water partition coefficient (Wildman–Crippen LogP) is 2.74. The van der Waals surface area contributed by atoms with Gasteiger partial charge in [-0.25, -0.2) is 14.6 Å². The molecule has 0 atom stereocenters. The highest BCUT2D eigenvalue weighted by atomic mass is 32.1. The van der Waals surface area contributed by atoms with Crippen molar-refractivity contribution in [3.8, 4) is 5.75 Å². The van der Waals surface area contributed by atoms with Gasteiger partial charge in [0.15, 0.2) is 5.13 Å². The minimum Gasteiger partial charge on any atom is -0.496 e. The maximum Gasteiger partial charge on any atom is 0.413 e. The van der Waals surface area contributed by atoms with E-state index in [-0.39, 0.29) is 17.9 Å². The molecule has 110 valence electrons. The van der Waals surface area contributed by atoms with Gasteiger partial charge in [0.05, 0.1) is 17.3 Å². The lowest BCUT2D eigenvalue weighted by molar-refractivity contribution is 0.0693. The van der Waals surface area contributed by atoms with Crippen LogP contribution in [0.15, 0.2) is 24.8 Å². The first-order chi connectivity index (χ1) is 10.0. The van der Waals surface area contributed by atoms with Crippen LogP contribution in [0.25, 0.3) is 10.2 Å². The molecule has 0 bridgehead atoms. The second kappa shape index (κ2) is 6.23. The van der Waals surface area contributed by atoms with Gasteiger partial charge in [-0.1, -0.05) is 24.0 Å². The number of ether oxygens (including phenoxy) is 2. The van der Waals surface area contributed by atoms with Gasteiger partial charge in [-0.15, -0.1) is 0 Å². The zero-order chi connectivity index (χ0) is 15.4. The van der Waals surface area contributed by atoms with Crippen molar-refractivity contribution in [2.24, 2.45) is 0 Å². The standard InChI is InChI=1S/C13H12N2O5S/c1-3-4-20-13(18)15-12-14-8-6-9(19-2)7(11(16)17)5-10(8)21-12/h3,5-6H,1,4H2,2H3,(H,16,17)(H,14,15,18). The molecular formula is C13H12N2O5S. The first kappa shape index (κ1) is 14.8. The Labute approximate surface area is 123 Å². The maximum atomic E-state index is 11.4. The second-order valence-electron chi connectivity index (χ2n) is 3.86. The number of hydrogen-bond acceptors (Lipinski definition) is 6. The molecule has 7 nitrogen and oxygen atoms in total. The van der Waals surface area contributed by atoms with E-state index in [1.807, 2.05) is 0 Å². The van der Waals surface area contributed by atoms with E-state index in [4.69, 9.17) is 14.6 Å². The SMILES string of the molecule is C=CCOC(=O)Nc1nc2cc(OC)c(C(=O)O)cc2s1. The van der Waals surface area contributed by atoms with E-state index in [1.54, 1.807) is 0 Å². The van der Waals surface area contributed by atoms with Crippen LogP contribution in [0.1, 0.15) is 10.4 Å². The number of fused-ring (bicyclic) bond motifs is 1. The summed E-state index contributed by atoms with van der Waals surface area (Å²) < 4.78 is 10.4. The summed E-state index contributed by atoms with van der Waals surface area (Å²) in [6, 6.07) is 2.96. The van der Waals surface area contributed by atoms with Gasteiger partial charge in [0.2, 0.25) is 0 Å². The summed E-state index contributed by atoms with van der Waals surface area (Å²) in [5.41, 5.74) is 0.565. The fourth-order valence-corrected chi connectivity index (χ4v) is 2.47. The van der Waals surface area contributed by atoms with E-state index < -0.39 is 12.1 Å². The number of benzene rings is 1. The predicted molar refractivity (Wildman–Crippen MR) is 78.3 cm³/mol. The van der Waals surface area contributed by atoms with Gasteiger partial charge in [0.25, 0.3) is 0 Å². The molecule has 21 heavy (non-hydrogen) atoms. The van der Waals surface area contributed by atoms with Crippen LogP contribution in [-0.2, 0) is 4.74 Å². The van der Waals surface area contributed by atoms with Crippen molar-refractivity contribution in [1.82, 2.24) is 4.98 Å². The summed E-state index contributed by atoms with van der Waals surface area (Å²) >= 11 is 1.14. The molecule has 1 aromatic carbocycles. The number of methoxy groups -OCH3 is 1. The number of aromatic nitrogens is 1. The van der Waals surface area contributed by atoms with E-state index in [2.05, 4.69) is 16.9 Å². The fourth-order valence-electron chi connectivity index (χ4n) is 1.60. The number of anilines is 1. The summed E-state index contributed by atoms with van der Waals surface area (Å²) in [4.78, 5) is 26.7. The van der Waals surface area contributed by atoms with Gasteiger partial charge >= 0.3 is 12.1 Å². The van der Waals surface area contributed by atoms with Gasteiger partial charge in [-0.2, -0.15) is 0 Å². The number of carbonyl (C=O) groups is 2. The Morgan fingerprint density at radius 2 is 2.29 bits per heavy atom. The van der Waals surface area contributed by atoms with Gasteiger partial charge in [0.1, 0.15) is 17.9 Å². The number of rotatable bonds is 5. The Hall–Kier alpha value is -2.61. The minimum atomic E-state index is -1.10. The Morgan fingerprint density at radius 3 is 2.90 bits per heavy atom. The first-order valence-corrected chi connectivity index (χ1v) is 6.63. The molecular weight excluding hydrogens is 296 g/mol. The number of aromatic carboxylic acids is 1. The smallest absolute Gasteiger partial charge is 0.413 e. The second-order valence-corrected chi connectivity index (χ2v) is 4.89. The van der Waals surface area contributed by atoms with Gasteiger partial charge < -0.3 is 14.6 Å². The summed E-state index contributed by atoms with van der Waals surface area (Å²) in [6.07, 6.45) is 0.793. The molecule has 0 spiro atoms. The number of thiazole rings is 1.